The zero-order valence-electron chi connectivity index (χ0n) is 15.4. The lowest BCUT2D eigenvalue weighted by atomic mass is 9.96. The van der Waals surface area contributed by atoms with E-state index < -0.39 is 5.82 Å². The van der Waals surface area contributed by atoms with Gasteiger partial charge in [-0.25, -0.2) is 19.3 Å². The molecule has 7 heteroatoms. The SMILES string of the molecule is CC1CCN(c2cc(-c3ncccn3)nc(Cl)c2-c2c(F)cccc2Cl)CC1. The monoisotopic (exact) mass is 416 g/mol. The molecule has 1 aromatic carbocycles. The first-order chi connectivity index (χ1) is 13.5. The molecule has 0 amide bonds. The maximum absolute atomic E-state index is 14.7. The van der Waals surface area contributed by atoms with Crippen molar-refractivity contribution in [1.29, 1.82) is 0 Å². The highest BCUT2D eigenvalue weighted by Gasteiger charge is 2.25. The van der Waals surface area contributed by atoms with Gasteiger partial charge in [-0.1, -0.05) is 36.2 Å². The van der Waals surface area contributed by atoms with Gasteiger partial charge in [0.2, 0.25) is 0 Å². The highest BCUT2D eigenvalue weighted by Crippen LogP contribution is 2.43. The van der Waals surface area contributed by atoms with E-state index >= 15 is 0 Å². The third kappa shape index (κ3) is 3.69. The second kappa shape index (κ2) is 8.02. The van der Waals surface area contributed by atoms with Gasteiger partial charge in [0.15, 0.2) is 5.82 Å². The van der Waals surface area contributed by atoms with E-state index in [1.54, 1.807) is 30.6 Å². The van der Waals surface area contributed by atoms with Crippen molar-refractivity contribution < 1.29 is 4.39 Å². The molecule has 3 aromatic rings. The van der Waals surface area contributed by atoms with Crippen LogP contribution in [-0.2, 0) is 0 Å². The Balaban J connectivity index is 1.92. The fourth-order valence-electron chi connectivity index (χ4n) is 3.51. The van der Waals surface area contributed by atoms with Crippen LogP contribution < -0.4 is 4.90 Å². The molecule has 0 aliphatic carbocycles. The summed E-state index contributed by atoms with van der Waals surface area (Å²) in [5, 5.41) is 0.490. The molecule has 2 aromatic heterocycles. The number of benzene rings is 1. The first-order valence-corrected chi connectivity index (χ1v) is 9.97. The van der Waals surface area contributed by atoms with E-state index in [-0.39, 0.29) is 10.7 Å². The maximum atomic E-state index is 14.7. The molecule has 0 spiro atoms. The molecule has 4 rings (SSSR count). The van der Waals surface area contributed by atoms with Crippen LogP contribution in [0, 0.1) is 11.7 Å². The highest BCUT2D eigenvalue weighted by atomic mass is 35.5. The predicted molar refractivity (Wildman–Crippen MR) is 111 cm³/mol. The van der Waals surface area contributed by atoms with Crippen LogP contribution in [0.15, 0.2) is 42.7 Å². The van der Waals surface area contributed by atoms with E-state index in [1.807, 2.05) is 6.07 Å². The van der Waals surface area contributed by atoms with Crippen molar-refractivity contribution >= 4 is 28.9 Å². The Bertz CT molecular complexity index is 969. The van der Waals surface area contributed by atoms with Crippen molar-refractivity contribution in [3.63, 3.8) is 0 Å². The minimum atomic E-state index is -0.425. The van der Waals surface area contributed by atoms with Gasteiger partial charge in [-0.3, -0.25) is 0 Å². The summed E-state index contributed by atoms with van der Waals surface area (Å²) in [6.07, 6.45) is 5.42. The fraction of sp³-hybridized carbons (Fsp3) is 0.286. The number of aromatic nitrogens is 3. The number of nitrogens with zero attached hydrogens (tertiary/aromatic N) is 4. The molecule has 4 nitrogen and oxygen atoms in total. The molecule has 1 saturated heterocycles. The smallest absolute Gasteiger partial charge is 0.178 e. The summed E-state index contributed by atoms with van der Waals surface area (Å²) < 4.78 is 14.7. The van der Waals surface area contributed by atoms with Gasteiger partial charge in [0, 0.05) is 36.6 Å². The summed E-state index contributed by atoms with van der Waals surface area (Å²) in [6, 6.07) is 8.25. The molecule has 0 N–H and O–H groups in total. The average molecular weight is 417 g/mol. The highest BCUT2D eigenvalue weighted by molar-refractivity contribution is 6.36. The van der Waals surface area contributed by atoms with Gasteiger partial charge in [0.25, 0.3) is 0 Å². The third-order valence-corrected chi connectivity index (χ3v) is 5.67. The molecule has 0 bridgehead atoms. The Kier molecular flexibility index (Phi) is 5.47. The number of piperidine rings is 1. The predicted octanol–water partition coefficient (Wildman–Crippen LogP) is 5.89. The Hall–Kier alpha value is -2.24. The molecule has 1 aliphatic rings. The van der Waals surface area contributed by atoms with Crippen molar-refractivity contribution in [2.24, 2.45) is 5.92 Å². The molecular formula is C21H19Cl2FN4. The van der Waals surface area contributed by atoms with E-state index in [0.717, 1.165) is 31.6 Å². The second-order valence-electron chi connectivity index (χ2n) is 7.03. The van der Waals surface area contributed by atoms with Crippen LogP contribution in [0.1, 0.15) is 19.8 Å². The number of hydrogen-bond donors (Lipinski definition) is 0. The lowest BCUT2D eigenvalue weighted by molar-refractivity contribution is 0.438. The summed E-state index contributed by atoms with van der Waals surface area (Å²) in [7, 11) is 0. The minimum Gasteiger partial charge on any atom is -0.371 e. The van der Waals surface area contributed by atoms with Gasteiger partial charge >= 0.3 is 0 Å². The quantitative estimate of drug-likeness (QED) is 0.499. The fourth-order valence-corrected chi connectivity index (χ4v) is 4.05. The van der Waals surface area contributed by atoms with Gasteiger partial charge in [0.05, 0.1) is 10.7 Å². The van der Waals surface area contributed by atoms with Crippen LogP contribution >= 0.6 is 23.2 Å². The van der Waals surface area contributed by atoms with Crippen molar-refractivity contribution in [2.75, 3.05) is 18.0 Å². The largest absolute Gasteiger partial charge is 0.371 e. The first kappa shape index (κ1) is 19.1. The summed E-state index contributed by atoms with van der Waals surface area (Å²) in [4.78, 5) is 15.2. The number of hydrogen-bond acceptors (Lipinski definition) is 4. The van der Waals surface area contributed by atoms with Gasteiger partial charge < -0.3 is 4.90 Å². The number of rotatable bonds is 3. The third-order valence-electron chi connectivity index (χ3n) is 5.09. The van der Waals surface area contributed by atoms with Gasteiger partial charge in [-0.15, -0.1) is 0 Å². The van der Waals surface area contributed by atoms with Crippen LogP contribution in [0.3, 0.4) is 0 Å². The molecule has 1 fully saturated rings. The second-order valence-corrected chi connectivity index (χ2v) is 7.80. The topological polar surface area (TPSA) is 41.9 Å². The van der Waals surface area contributed by atoms with E-state index in [1.165, 1.54) is 6.07 Å². The van der Waals surface area contributed by atoms with Crippen LogP contribution in [0.2, 0.25) is 10.2 Å². The van der Waals surface area contributed by atoms with Crippen molar-refractivity contribution in [3.8, 4) is 22.6 Å². The van der Waals surface area contributed by atoms with Gasteiger partial charge in [-0.05, 0) is 43.0 Å². The number of halogens is 3. The average Bonchev–Trinajstić information content (AvgIpc) is 2.70. The van der Waals surface area contributed by atoms with Crippen LogP contribution in [-0.4, -0.2) is 28.0 Å². The van der Waals surface area contributed by atoms with E-state index in [0.29, 0.717) is 28.0 Å². The Morgan fingerprint density at radius 3 is 2.43 bits per heavy atom. The van der Waals surface area contributed by atoms with Crippen LogP contribution in [0.4, 0.5) is 10.1 Å². The molecule has 144 valence electrons. The Morgan fingerprint density at radius 2 is 1.75 bits per heavy atom. The first-order valence-electron chi connectivity index (χ1n) is 9.22. The zero-order valence-corrected chi connectivity index (χ0v) is 16.9. The van der Waals surface area contributed by atoms with Gasteiger partial charge in [-0.2, -0.15) is 0 Å². The molecule has 0 unspecified atom stereocenters. The van der Waals surface area contributed by atoms with E-state index in [9.17, 15) is 4.39 Å². The lowest BCUT2D eigenvalue weighted by Crippen LogP contribution is -2.33. The zero-order chi connectivity index (χ0) is 19.7. The molecule has 0 radical (unpaired) electrons. The summed E-state index contributed by atoms with van der Waals surface area (Å²) in [5.41, 5.74) is 2.15. The maximum Gasteiger partial charge on any atom is 0.178 e. The van der Waals surface area contributed by atoms with Crippen LogP contribution in [0.25, 0.3) is 22.6 Å². The van der Waals surface area contributed by atoms with E-state index in [2.05, 4.69) is 26.8 Å². The molecular weight excluding hydrogens is 398 g/mol. The van der Waals surface area contributed by atoms with Gasteiger partial charge in [0.1, 0.15) is 16.7 Å². The Labute approximate surface area is 173 Å². The number of anilines is 1. The lowest BCUT2D eigenvalue weighted by Gasteiger charge is -2.34. The molecule has 0 atom stereocenters. The van der Waals surface area contributed by atoms with Crippen molar-refractivity contribution in [2.45, 2.75) is 19.8 Å². The number of pyridine rings is 1. The van der Waals surface area contributed by atoms with E-state index in [4.69, 9.17) is 23.2 Å². The normalized spacial score (nSPS) is 15.1. The van der Waals surface area contributed by atoms with Crippen molar-refractivity contribution in [3.05, 3.63) is 58.7 Å². The van der Waals surface area contributed by atoms with Crippen molar-refractivity contribution in [1.82, 2.24) is 15.0 Å². The molecule has 0 saturated carbocycles. The molecule has 3 heterocycles. The summed E-state index contributed by atoms with van der Waals surface area (Å²) >= 11 is 12.9. The summed E-state index contributed by atoms with van der Waals surface area (Å²) in [6.45, 7) is 3.96. The Morgan fingerprint density at radius 1 is 1.04 bits per heavy atom. The minimum absolute atomic E-state index is 0.186. The standard InChI is InChI=1S/C21H19Cl2FN4/c1-13-6-10-28(11-7-13)17-12-16(21-25-8-3-9-26-21)27-20(23)19(17)18-14(22)4-2-5-15(18)24/h2-5,8-9,12-13H,6-7,10-11H2,1H3. The summed E-state index contributed by atoms with van der Waals surface area (Å²) in [5.74, 6) is 0.708. The van der Waals surface area contributed by atoms with Crippen LogP contribution in [0.5, 0.6) is 0 Å². The molecule has 1 aliphatic heterocycles. The molecule has 28 heavy (non-hydrogen) atoms.